The van der Waals surface area contributed by atoms with Crippen LogP contribution in [0.3, 0.4) is 0 Å². The van der Waals surface area contributed by atoms with Crippen LogP contribution in [0, 0.1) is 5.82 Å². The van der Waals surface area contributed by atoms with Gasteiger partial charge in [-0.3, -0.25) is 4.79 Å². The average molecular weight is 346 g/mol. The zero-order valence-corrected chi connectivity index (χ0v) is 12.5. The van der Waals surface area contributed by atoms with Gasteiger partial charge in [0.25, 0.3) is 5.91 Å². The third-order valence-corrected chi connectivity index (χ3v) is 3.95. The monoisotopic (exact) mass is 345 g/mol. The van der Waals surface area contributed by atoms with Gasteiger partial charge >= 0.3 is 0 Å². The molecule has 0 spiro atoms. The highest BCUT2D eigenvalue weighted by Crippen LogP contribution is 2.25. The van der Waals surface area contributed by atoms with E-state index in [1.54, 1.807) is 0 Å². The van der Waals surface area contributed by atoms with E-state index in [2.05, 4.69) is 21.2 Å². The Labute approximate surface area is 125 Å². The van der Waals surface area contributed by atoms with Crippen LogP contribution in [0.15, 0.2) is 22.7 Å². The van der Waals surface area contributed by atoms with Crippen molar-refractivity contribution in [1.29, 1.82) is 0 Å². The van der Waals surface area contributed by atoms with E-state index >= 15 is 0 Å². The molecule has 1 aromatic carbocycles. The minimum absolute atomic E-state index is 0.159. The van der Waals surface area contributed by atoms with Gasteiger partial charge in [-0.2, -0.15) is 0 Å². The molecule has 0 saturated heterocycles. The summed E-state index contributed by atoms with van der Waals surface area (Å²) in [5.74, 6) is -0.253. The van der Waals surface area contributed by atoms with Crippen molar-refractivity contribution in [3.63, 3.8) is 0 Å². The molecule has 110 valence electrons. The number of rotatable bonds is 4. The number of aliphatic hydroxyl groups is 1. The van der Waals surface area contributed by atoms with Crippen molar-refractivity contribution < 1.29 is 19.0 Å². The molecule has 0 unspecified atom stereocenters. The van der Waals surface area contributed by atoms with Gasteiger partial charge < -0.3 is 15.2 Å². The number of nitrogens with one attached hydrogen (secondary N) is 1. The van der Waals surface area contributed by atoms with Crippen molar-refractivity contribution in [3.8, 4) is 5.75 Å². The summed E-state index contributed by atoms with van der Waals surface area (Å²) < 4.78 is 18.7. The van der Waals surface area contributed by atoms with Crippen molar-refractivity contribution in [2.45, 2.75) is 37.8 Å². The van der Waals surface area contributed by atoms with Gasteiger partial charge in [-0.1, -0.05) is 12.8 Å². The molecule has 0 aliphatic heterocycles. The second-order valence-corrected chi connectivity index (χ2v) is 5.74. The molecule has 6 heteroatoms. The lowest BCUT2D eigenvalue weighted by Crippen LogP contribution is -2.46. The summed E-state index contributed by atoms with van der Waals surface area (Å²) in [7, 11) is 0. The molecule has 1 saturated carbocycles. The van der Waals surface area contributed by atoms with Gasteiger partial charge in [-0.15, -0.1) is 0 Å². The Morgan fingerprint density at radius 3 is 2.90 bits per heavy atom. The zero-order chi connectivity index (χ0) is 14.5. The molecule has 0 radical (unpaired) electrons. The summed E-state index contributed by atoms with van der Waals surface area (Å²) in [6, 6.07) is 3.81. The van der Waals surface area contributed by atoms with E-state index in [1.165, 1.54) is 18.2 Å². The lowest BCUT2D eigenvalue weighted by molar-refractivity contribution is -0.125. The maximum atomic E-state index is 12.9. The van der Waals surface area contributed by atoms with Crippen molar-refractivity contribution in [1.82, 2.24) is 5.32 Å². The number of hydrogen-bond donors (Lipinski definition) is 2. The topological polar surface area (TPSA) is 58.6 Å². The molecule has 1 aliphatic carbocycles. The first kappa shape index (κ1) is 15.3. The third kappa shape index (κ3) is 4.18. The minimum Gasteiger partial charge on any atom is -0.483 e. The maximum absolute atomic E-state index is 12.9. The summed E-state index contributed by atoms with van der Waals surface area (Å²) >= 11 is 3.17. The molecule has 1 aromatic rings. The maximum Gasteiger partial charge on any atom is 0.258 e. The number of benzene rings is 1. The van der Waals surface area contributed by atoms with Crippen molar-refractivity contribution >= 4 is 21.8 Å². The number of amides is 1. The first-order valence-electron chi connectivity index (χ1n) is 6.61. The predicted octanol–water partition coefficient (Wildman–Crippen LogP) is 2.39. The predicted molar refractivity (Wildman–Crippen MR) is 76.0 cm³/mol. The first-order valence-corrected chi connectivity index (χ1v) is 7.41. The minimum atomic E-state index is -0.481. The Morgan fingerprint density at radius 1 is 1.45 bits per heavy atom. The summed E-state index contributed by atoms with van der Waals surface area (Å²) in [6.45, 7) is -0.159. The van der Waals surface area contributed by atoms with E-state index in [0.717, 1.165) is 25.7 Å². The smallest absolute Gasteiger partial charge is 0.258 e. The SMILES string of the molecule is O=C(COc1ccc(F)cc1Br)N[C@H]1CCCC[C@@H]1O. The Balaban J connectivity index is 1.82. The second kappa shape index (κ2) is 7.04. The van der Waals surface area contributed by atoms with Gasteiger partial charge in [0.05, 0.1) is 16.6 Å². The van der Waals surface area contributed by atoms with Crippen LogP contribution < -0.4 is 10.1 Å². The van der Waals surface area contributed by atoms with Crippen molar-refractivity contribution in [2.75, 3.05) is 6.61 Å². The molecule has 1 fully saturated rings. The summed E-state index contributed by atoms with van der Waals surface area (Å²) in [5, 5.41) is 12.5. The van der Waals surface area contributed by atoms with Gasteiger partial charge in [0.2, 0.25) is 0 Å². The lowest BCUT2D eigenvalue weighted by Gasteiger charge is -2.28. The molecular weight excluding hydrogens is 329 g/mol. The van der Waals surface area contributed by atoms with E-state index < -0.39 is 6.10 Å². The number of halogens is 2. The standard InChI is InChI=1S/C14H17BrFNO3/c15-10-7-9(16)5-6-13(10)20-8-14(19)17-11-3-1-2-4-12(11)18/h5-7,11-12,18H,1-4,8H2,(H,17,19)/t11-,12-/m0/s1. The molecule has 0 heterocycles. The van der Waals surface area contributed by atoms with E-state index in [1.807, 2.05) is 0 Å². The molecular formula is C14H17BrFNO3. The van der Waals surface area contributed by atoms with Crippen LogP contribution in [0.5, 0.6) is 5.75 Å². The first-order chi connectivity index (χ1) is 9.56. The lowest BCUT2D eigenvalue weighted by atomic mass is 9.92. The summed E-state index contributed by atoms with van der Waals surface area (Å²) in [4.78, 5) is 11.8. The van der Waals surface area contributed by atoms with Gasteiger partial charge in [-0.05, 0) is 47.0 Å². The zero-order valence-electron chi connectivity index (χ0n) is 10.9. The normalized spacial score (nSPS) is 22.4. The van der Waals surface area contributed by atoms with Crippen LogP contribution in [0.4, 0.5) is 4.39 Å². The fourth-order valence-corrected chi connectivity index (χ4v) is 2.73. The van der Waals surface area contributed by atoms with Crippen LogP contribution in [-0.4, -0.2) is 29.8 Å². The Morgan fingerprint density at radius 2 is 2.20 bits per heavy atom. The van der Waals surface area contributed by atoms with Gasteiger partial charge in [0, 0.05) is 0 Å². The molecule has 2 rings (SSSR count). The second-order valence-electron chi connectivity index (χ2n) is 4.89. The molecule has 0 aromatic heterocycles. The number of ether oxygens (including phenoxy) is 1. The Bertz CT molecular complexity index is 483. The van der Waals surface area contributed by atoms with Gasteiger partial charge in [0.1, 0.15) is 11.6 Å². The molecule has 4 nitrogen and oxygen atoms in total. The van der Waals surface area contributed by atoms with Crippen molar-refractivity contribution in [3.05, 3.63) is 28.5 Å². The van der Waals surface area contributed by atoms with Crippen molar-refractivity contribution in [2.24, 2.45) is 0 Å². The van der Waals surface area contributed by atoms with E-state index in [4.69, 9.17) is 4.74 Å². The summed E-state index contributed by atoms with van der Waals surface area (Å²) in [6.07, 6.45) is 3.02. The van der Waals surface area contributed by atoms with Crippen LogP contribution in [0.2, 0.25) is 0 Å². The molecule has 2 atom stereocenters. The fraction of sp³-hybridized carbons (Fsp3) is 0.500. The fourth-order valence-electron chi connectivity index (χ4n) is 2.26. The number of aliphatic hydroxyl groups excluding tert-OH is 1. The Hall–Kier alpha value is -1.14. The Kier molecular flexibility index (Phi) is 5.37. The van der Waals surface area contributed by atoms with Crippen LogP contribution >= 0.6 is 15.9 Å². The molecule has 0 bridgehead atoms. The molecule has 1 amide bonds. The van der Waals surface area contributed by atoms with Crippen LogP contribution in [0.1, 0.15) is 25.7 Å². The quantitative estimate of drug-likeness (QED) is 0.880. The van der Waals surface area contributed by atoms with Crippen LogP contribution in [-0.2, 0) is 4.79 Å². The van der Waals surface area contributed by atoms with Crippen LogP contribution in [0.25, 0.3) is 0 Å². The largest absolute Gasteiger partial charge is 0.483 e. The third-order valence-electron chi connectivity index (χ3n) is 3.33. The number of carbonyl (C=O) groups excluding carboxylic acids is 1. The number of carbonyl (C=O) groups is 1. The van der Waals surface area contributed by atoms with E-state index in [9.17, 15) is 14.3 Å². The van der Waals surface area contributed by atoms with E-state index in [-0.39, 0.29) is 24.4 Å². The highest BCUT2D eigenvalue weighted by molar-refractivity contribution is 9.10. The molecule has 1 aliphatic rings. The van der Waals surface area contributed by atoms with Gasteiger partial charge in [0.15, 0.2) is 6.61 Å². The highest BCUT2D eigenvalue weighted by atomic mass is 79.9. The molecule has 2 N–H and O–H groups in total. The average Bonchev–Trinajstić information content (AvgIpc) is 2.40. The van der Waals surface area contributed by atoms with Gasteiger partial charge in [-0.25, -0.2) is 4.39 Å². The molecule has 20 heavy (non-hydrogen) atoms. The summed E-state index contributed by atoms with van der Waals surface area (Å²) in [5.41, 5.74) is 0. The number of hydrogen-bond acceptors (Lipinski definition) is 3. The highest BCUT2D eigenvalue weighted by Gasteiger charge is 2.24. The van der Waals surface area contributed by atoms with E-state index in [0.29, 0.717) is 10.2 Å².